The van der Waals surface area contributed by atoms with Crippen LogP contribution in [0.4, 0.5) is 5.69 Å². The molecule has 3 rings (SSSR count). The topological polar surface area (TPSA) is 66.5 Å². The Bertz CT molecular complexity index is 868. The number of amides is 1. The maximum Gasteiger partial charge on any atom is 0.252 e. The van der Waals surface area contributed by atoms with Crippen molar-refractivity contribution < 1.29 is 13.2 Å². The quantitative estimate of drug-likeness (QED) is 0.739. The molecule has 9 heteroatoms. The smallest absolute Gasteiger partial charge is 0.252 e. The lowest BCUT2D eigenvalue weighted by atomic mass is 9.99. The first-order chi connectivity index (χ1) is 11.9. The predicted octanol–water partition coefficient (Wildman–Crippen LogP) is 4.20. The molecule has 1 saturated heterocycles. The van der Waals surface area contributed by atoms with E-state index in [-0.39, 0.29) is 22.6 Å². The molecule has 1 atom stereocenters. The number of rotatable bonds is 4. The fourth-order valence-electron chi connectivity index (χ4n) is 2.72. The zero-order valence-electron chi connectivity index (χ0n) is 13.1. The lowest BCUT2D eigenvalue weighted by Gasteiger charge is -2.30. The number of nitrogens with one attached hydrogen (secondary N) is 1. The minimum Gasteiger partial charge on any atom is -0.326 e. The number of halogens is 2. The second kappa shape index (κ2) is 7.75. The van der Waals surface area contributed by atoms with Crippen molar-refractivity contribution in [2.75, 3.05) is 18.4 Å². The summed E-state index contributed by atoms with van der Waals surface area (Å²) in [5.74, 6) is -0.544. The molecule has 1 aromatic carbocycles. The molecule has 0 bridgehead atoms. The second-order valence-electron chi connectivity index (χ2n) is 5.76. The Hall–Kier alpha value is -0.930. The molecule has 1 aliphatic rings. The van der Waals surface area contributed by atoms with Crippen LogP contribution in [0.3, 0.4) is 0 Å². The van der Waals surface area contributed by atoms with Gasteiger partial charge in [0.1, 0.15) is 4.21 Å². The van der Waals surface area contributed by atoms with Crippen LogP contribution in [0, 0.1) is 5.92 Å². The average molecular weight is 464 g/mol. The Morgan fingerprint density at radius 3 is 2.60 bits per heavy atom. The van der Waals surface area contributed by atoms with Gasteiger partial charge in [-0.2, -0.15) is 4.31 Å². The number of hydrogen-bond acceptors (Lipinski definition) is 4. The molecule has 0 radical (unpaired) electrons. The third kappa shape index (κ3) is 4.43. The maximum absolute atomic E-state index is 12.7. The molecule has 134 valence electrons. The molecule has 1 unspecified atom stereocenters. The van der Waals surface area contributed by atoms with Crippen LogP contribution in [-0.4, -0.2) is 31.7 Å². The van der Waals surface area contributed by atoms with E-state index in [1.54, 1.807) is 36.4 Å². The van der Waals surface area contributed by atoms with Gasteiger partial charge < -0.3 is 5.32 Å². The van der Waals surface area contributed by atoms with Gasteiger partial charge in [-0.25, -0.2) is 8.42 Å². The first kappa shape index (κ1) is 18.8. The molecular formula is C16H16BrClN2O3S2. The van der Waals surface area contributed by atoms with Gasteiger partial charge in [-0.3, -0.25) is 4.79 Å². The summed E-state index contributed by atoms with van der Waals surface area (Å²) < 4.78 is 27.9. The van der Waals surface area contributed by atoms with Crippen LogP contribution in [0.5, 0.6) is 0 Å². The number of piperidine rings is 1. The van der Waals surface area contributed by atoms with E-state index in [9.17, 15) is 13.2 Å². The molecule has 1 aromatic heterocycles. The highest BCUT2D eigenvalue weighted by molar-refractivity contribution is 9.11. The highest BCUT2D eigenvalue weighted by atomic mass is 79.9. The lowest BCUT2D eigenvalue weighted by Crippen LogP contribution is -2.43. The van der Waals surface area contributed by atoms with Gasteiger partial charge >= 0.3 is 0 Å². The summed E-state index contributed by atoms with van der Waals surface area (Å²) in [7, 11) is -3.56. The Labute approximate surface area is 164 Å². The van der Waals surface area contributed by atoms with Crippen LogP contribution >= 0.6 is 38.9 Å². The van der Waals surface area contributed by atoms with Gasteiger partial charge in [0.2, 0.25) is 5.91 Å². The minimum atomic E-state index is -3.56. The van der Waals surface area contributed by atoms with Crippen molar-refractivity contribution in [1.82, 2.24) is 4.31 Å². The first-order valence-corrected chi connectivity index (χ1v) is 11.1. The number of hydrogen-bond donors (Lipinski definition) is 1. The molecule has 2 heterocycles. The summed E-state index contributed by atoms with van der Waals surface area (Å²) in [5, 5.41) is 3.42. The van der Waals surface area contributed by atoms with Crippen LogP contribution in [0.2, 0.25) is 5.02 Å². The maximum atomic E-state index is 12.7. The monoisotopic (exact) mass is 462 g/mol. The van der Waals surface area contributed by atoms with E-state index in [4.69, 9.17) is 11.6 Å². The molecule has 1 fully saturated rings. The third-order valence-electron chi connectivity index (χ3n) is 4.01. The van der Waals surface area contributed by atoms with Gasteiger partial charge in [-0.05, 0) is 65.2 Å². The number of thiophene rings is 1. The largest absolute Gasteiger partial charge is 0.326 e. The van der Waals surface area contributed by atoms with Gasteiger partial charge in [-0.1, -0.05) is 11.6 Å². The van der Waals surface area contributed by atoms with Gasteiger partial charge in [0, 0.05) is 23.8 Å². The van der Waals surface area contributed by atoms with E-state index in [1.807, 2.05) is 0 Å². The van der Waals surface area contributed by atoms with Crippen LogP contribution in [0.1, 0.15) is 12.8 Å². The zero-order chi connectivity index (χ0) is 18.0. The number of benzene rings is 1. The standard InChI is InChI=1S/C16H16BrClN2O3S2/c17-14-7-8-15(24-14)25(22,23)20-9-1-2-11(10-20)16(21)19-13-5-3-12(18)4-6-13/h3-8,11H,1-2,9-10H2,(H,19,21). The van der Waals surface area contributed by atoms with Crippen LogP contribution in [0.25, 0.3) is 0 Å². The number of carbonyl (C=O) groups excluding carboxylic acids is 1. The lowest BCUT2D eigenvalue weighted by molar-refractivity contribution is -0.120. The molecule has 1 N–H and O–H groups in total. The van der Waals surface area contributed by atoms with Gasteiger partial charge in [0.05, 0.1) is 9.70 Å². The van der Waals surface area contributed by atoms with Crippen molar-refractivity contribution >= 4 is 60.5 Å². The third-order valence-corrected chi connectivity index (χ3v) is 8.22. The normalized spacial score (nSPS) is 18.9. The summed E-state index contributed by atoms with van der Waals surface area (Å²) >= 11 is 10.3. The SMILES string of the molecule is O=C(Nc1ccc(Cl)cc1)C1CCCN(S(=O)(=O)c2ccc(Br)s2)C1. The summed E-state index contributed by atoms with van der Waals surface area (Å²) in [4.78, 5) is 12.5. The highest BCUT2D eigenvalue weighted by Crippen LogP contribution is 2.31. The molecule has 0 saturated carbocycles. The van der Waals surface area contributed by atoms with Crippen molar-refractivity contribution in [3.05, 3.63) is 45.2 Å². The average Bonchev–Trinajstić information content (AvgIpc) is 3.04. The number of nitrogens with zero attached hydrogens (tertiary/aromatic N) is 1. The molecule has 0 aliphatic carbocycles. The van der Waals surface area contributed by atoms with Crippen LogP contribution < -0.4 is 5.32 Å². The van der Waals surface area contributed by atoms with Crippen LogP contribution in [-0.2, 0) is 14.8 Å². The van der Waals surface area contributed by atoms with E-state index in [1.165, 1.54) is 15.6 Å². The Morgan fingerprint density at radius 1 is 1.24 bits per heavy atom. The summed E-state index contributed by atoms with van der Waals surface area (Å²) in [6, 6.07) is 10.1. The van der Waals surface area contributed by atoms with E-state index < -0.39 is 10.0 Å². The molecule has 5 nitrogen and oxygen atoms in total. The zero-order valence-corrected chi connectivity index (χ0v) is 17.1. The highest BCUT2D eigenvalue weighted by Gasteiger charge is 2.34. The molecule has 0 spiro atoms. The molecular weight excluding hydrogens is 448 g/mol. The second-order valence-corrected chi connectivity index (χ2v) is 10.8. The van der Waals surface area contributed by atoms with Crippen molar-refractivity contribution in [1.29, 1.82) is 0 Å². The molecule has 2 aromatic rings. The minimum absolute atomic E-state index is 0.172. The summed E-state index contributed by atoms with van der Waals surface area (Å²) in [6.07, 6.45) is 1.32. The van der Waals surface area contributed by atoms with Crippen molar-refractivity contribution in [2.45, 2.75) is 17.1 Å². The van der Waals surface area contributed by atoms with E-state index in [0.29, 0.717) is 30.1 Å². The van der Waals surface area contributed by atoms with Crippen LogP contribution in [0.15, 0.2) is 44.4 Å². The Kier molecular flexibility index (Phi) is 5.85. The van der Waals surface area contributed by atoms with E-state index >= 15 is 0 Å². The van der Waals surface area contributed by atoms with Gasteiger partial charge in [0.25, 0.3) is 10.0 Å². The van der Waals surface area contributed by atoms with Gasteiger partial charge in [-0.15, -0.1) is 11.3 Å². The van der Waals surface area contributed by atoms with Crippen molar-refractivity contribution in [3.63, 3.8) is 0 Å². The van der Waals surface area contributed by atoms with E-state index in [2.05, 4.69) is 21.2 Å². The molecule has 1 aliphatic heterocycles. The number of sulfonamides is 1. The first-order valence-electron chi connectivity index (χ1n) is 7.68. The number of carbonyl (C=O) groups is 1. The fraction of sp³-hybridized carbons (Fsp3) is 0.312. The fourth-order valence-corrected chi connectivity index (χ4v) is 6.53. The van der Waals surface area contributed by atoms with Crippen molar-refractivity contribution in [3.8, 4) is 0 Å². The summed E-state index contributed by atoms with van der Waals surface area (Å²) in [6.45, 7) is 0.625. The van der Waals surface area contributed by atoms with E-state index in [0.717, 1.165) is 3.79 Å². The Morgan fingerprint density at radius 2 is 1.96 bits per heavy atom. The molecule has 25 heavy (non-hydrogen) atoms. The number of anilines is 1. The van der Waals surface area contributed by atoms with Gasteiger partial charge in [0.15, 0.2) is 0 Å². The Balaban J connectivity index is 1.70. The van der Waals surface area contributed by atoms with Crippen molar-refractivity contribution in [2.24, 2.45) is 5.92 Å². The molecule has 1 amide bonds. The predicted molar refractivity (Wildman–Crippen MR) is 104 cm³/mol. The summed E-state index contributed by atoms with van der Waals surface area (Å²) in [5.41, 5.74) is 0.650.